The Bertz CT molecular complexity index is 962. The highest BCUT2D eigenvalue weighted by atomic mass is 79.9. The van der Waals surface area contributed by atoms with Crippen LogP contribution in [0.15, 0.2) is 65.1 Å². The Balaban J connectivity index is 2.14. The summed E-state index contributed by atoms with van der Waals surface area (Å²) in [5, 5.41) is 10.0. The SMILES string of the molecule is O=C(O)C(=O)C(=Cc1ccc(Br)cc1)c1ccc2ccccc2n1. The number of Topliss-reactive ketones (excluding diaryl/α,β-unsaturated/α-hetero) is 1. The maximum atomic E-state index is 12.1. The molecule has 3 rings (SSSR count). The van der Waals surface area contributed by atoms with E-state index in [1.165, 1.54) is 0 Å². The number of rotatable bonds is 4. The average molecular weight is 382 g/mol. The van der Waals surface area contributed by atoms with E-state index in [2.05, 4.69) is 20.9 Å². The number of benzene rings is 2. The number of nitrogens with zero attached hydrogens (tertiary/aromatic N) is 1. The topological polar surface area (TPSA) is 67.3 Å². The molecule has 1 heterocycles. The van der Waals surface area contributed by atoms with Crippen LogP contribution in [0.3, 0.4) is 0 Å². The van der Waals surface area contributed by atoms with Crippen LogP contribution in [-0.4, -0.2) is 21.8 Å². The third kappa shape index (κ3) is 3.41. The van der Waals surface area contributed by atoms with Gasteiger partial charge in [0.1, 0.15) is 0 Å². The summed E-state index contributed by atoms with van der Waals surface area (Å²) >= 11 is 3.34. The number of para-hydroxylation sites is 1. The molecule has 0 amide bonds. The Morgan fingerprint density at radius 2 is 1.67 bits per heavy atom. The molecule has 0 atom stereocenters. The van der Waals surface area contributed by atoms with E-state index < -0.39 is 11.8 Å². The molecular weight excluding hydrogens is 370 g/mol. The summed E-state index contributed by atoms with van der Waals surface area (Å²) < 4.78 is 0.898. The molecule has 0 aliphatic rings. The summed E-state index contributed by atoms with van der Waals surface area (Å²) in [6, 6.07) is 18.2. The highest BCUT2D eigenvalue weighted by Gasteiger charge is 2.20. The van der Waals surface area contributed by atoms with Crippen molar-refractivity contribution in [2.75, 3.05) is 0 Å². The van der Waals surface area contributed by atoms with E-state index >= 15 is 0 Å². The number of carbonyl (C=O) groups excluding carboxylic acids is 1. The molecule has 0 unspecified atom stereocenters. The maximum absolute atomic E-state index is 12.1. The largest absolute Gasteiger partial charge is 0.475 e. The van der Waals surface area contributed by atoms with Crippen LogP contribution in [-0.2, 0) is 9.59 Å². The van der Waals surface area contributed by atoms with Crippen molar-refractivity contribution in [1.29, 1.82) is 0 Å². The Labute approximate surface area is 146 Å². The smallest absolute Gasteiger partial charge is 0.377 e. The van der Waals surface area contributed by atoms with E-state index in [9.17, 15) is 9.59 Å². The first-order chi connectivity index (χ1) is 11.5. The average Bonchev–Trinajstić information content (AvgIpc) is 2.60. The van der Waals surface area contributed by atoms with Crippen molar-refractivity contribution in [3.05, 3.63) is 76.4 Å². The molecule has 3 aromatic rings. The van der Waals surface area contributed by atoms with Gasteiger partial charge in [0.2, 0.25) is 0 Å². The van der Waals surface area contributed by atoms with Gasteiger partial charge in [-0.2, -0.15) is 0 Å². The molecule has 0 fully saturated rings. The number of aliphatic carboxylic acids is 1. The fraction of sp³-hybridized carbons (Fsp3) is 0. The Hall–Kier alpha value is -2.79. The molecule has 0 aliphatic carbocycles. The van der Waals surface area contributed by atoms with Crippen molar-refractivity contribution in [2.45, 2.75) is 0 Å². The van der Waals surface area contributed by atoms with Crippen LogP contribution in [0.1, 0.15) is 11.3 Å². The van der Waals surface area contributed by atoms with Crippen LogP contribution in [0, 0.1) is 0 Å². The van der Waals surface area contributed by atoms with Crippen molar-refractivity contribution >= 4 is 50.2 Å². The molecule has 2 aromatic carbocycles. The molecule has 118 valence electrons. The van der Waals surface area contributed by atoms with E-state index in [1.54, 1.807) is 24.3 Å². The number of ketones is 1. The summed E-state index contributed by atoms with van der Waals surface area (Å²) in [4.78, 5) is 27.8. The highest BCUT2D eigenvalue weighted by Crippen LogP contribution is 2.22. The number of fused-ring (bicyclic) bond motifs is 1. The van der Waals surface area contributed by atoms with E-state index in [1.807, 2.05) is 42.5 Å². The van der Waals surface area contributed by atoms with E-state index in [0.29, 0.717) is 11.2 Å². The third-order valence-electron chi connectivity index (χ3n) is 3.49. The normalized spacial score (nSPS) is 11.5. The van der Waals surface area contributed by atoms with Gasteiger partial charge in [0, 0.05) is 9.86 Å². The first-order valence-electron chi connectivity index (χ1n) is 7.15. The molecule has 0 saturated heterocycles. The van der Waals surface area contributed by atoms with Gasteiger partial charge in [-0.05, 0) is 35.9 Å². The zero-order chi connectivity index (χ0) is 17.1. The molecule has 1 aromatic heterocycles. The molecule has 0 bridgehead atoms. The predicted octanol–water partition coefficient (Wildman–Crippen LogP) is 4.19. The number of aromatic nitrogens is 1. The summed E-state index contributed by atoms with van der Waals surface area (Å²) in [6.45, 7) is 0. The molecule has 4 nitrogen and oxygen atoms in total. The van der Waals surface area contributed by atoms with Gasteiger partial charge in [-0.3, -0.25) is 4.79 Å². The van der Waals surface area contributed by atoms with Gasteiger partial charge in [-0.15, -0.1) is 0 Å². The minimum atomic E-state index is -1.51. The lowest BCUT2D eigenvalue weighted by Crippen LogP contribution is -2.15. The van der Waals surface area contributed by atoms with E-state index in [0.717, 1.165) is 15.4 Å². The van der Waals surface area contributed by atoms with Gasteiger partial charge in [0.15, 0.2) is 0 Å². The molecule has 5 heteroatoms. The zero-order valence-corrected chi connectivity index (χ0v) is 14.0. The third-order valence-corrected chi connectivity index (χ3v) is 4.02. The van der Waals surface area contributed by atoms with Crippen LogP contribution in [0.2, 0.25) is 0 Å². The molecule has 0 radical (unpaired) electrons. The number of hydrogen-bond donors (Lipinski definition) is 1. The summed E-state index contributed by atoms with van der Waals surface area (Å²) in [7, 11) is 0. The van der Waals surface area contributed by atoms with Gasteiger partial charge in [0.25, 0.3) is 5.78 Å². The number of carboxylic acid groups (broad SMARTS) is 1. The first-order valence-corrected chi connectivity index (χ1v) is 7.95. The summed E-state index contributed by atoms with van der Waals surface area (Å²) in [5.41, 5.74) is 1.81. The van der Waals surface area contributed by atoms with Crippen molar-refractivity contribution in [3.63, 3.8) is 0 Å². The Kier molecular flexibility index (Phi) is 4.53. The summed E-state index contributed by atoms with van der Waals surface area (Å²) in [6.07, 6.45) is 1.54. The molecule has 0 saturated carbocycles. The van der Waals surface area contributed by atoms with Crippen LogP contribution < -0.4 is 0 Å². The van der Waals surface area contributed by atoms with E-state index in [-0.39, 0.29) is 5.57 Å². The second-order valence-electron chi connectivity index (χ2n) is 5.13. The van der Waals surface area contributed by atoms with Crippen molar-refractivity contribution in [2.24, 2.45) is 0 Å². The van der Waals surface area contributed by atoms with Crippen LogP contribution >= 0.6 is 15.9 Å². The minimum absolute atomic E-state index is 0.0515. The van der Waals surface area contributed by atoms with Crippen LogP contribution in [0.4, 0.5) is 0 Å². The molecule has 0 aliphatic heterocycles. The highest BCUT2D eigenvalue weighted by molar-refractivity contribution is 9.10. The lowest BCUT2D eigenvalue weighted by molar-refractivity contribution is -0.146. The monoisotopic (exact) mass is 381 g/mol. The predicted molar refractivity (Wildman–Crippen MR) is 96.4 cm³/mol. The van der Waals surface area contributed by atoms with Gasteiger partial charge in [-0.1, -0.05) is 52.3 Å². The second-order valence-corrected chi connectivity index (χ2v) is 6.05. The first kappa shape index (κ1) is 16.1. The minimum Gasteiger partial charge on any atom is -0.475 e. The van der Waals surface area contributed by atoms with Gasteiger partial charge < -0.3 is 5.11 Å². The van der Waals surface area contributed by atoms with Gasteiger partial charge in [-0.25, -0.2) is 9.78 Å². The van der Waals surface area contributed by atoms with Crippen LogP contribution in [0.5, 0.6) is 0 Å². The number of halogens is 1. The van der Waals surface area contributed by atoms with Gasteiger partial charge >= 0.3 is 5.97 Å². The number of hydrogen-bond acceptors (Lipinski definition) is 3. The molecule has 0 spiro atoms. The van der Waals surface area contributed by atoms with Crippen LogP contribution in [0.25, 0.3) is 22.6 Å². The lowest BCUT2D eigenvalue weighted by Gasteiger charge is -2.06. The molecular formula is C19H12BrNO3. The van der Waals surface area contributed by atoms with Crippen molar-refractivity contribution in [1.82, 2.24) is 4.98 Å². The number of carbonyl (C=O) groups is 2. The summed E-state index contributed by atoms with van der Waals surface area (Å²) in [5.74, 6) is -2.49. The maximum Gasteiger partial charge on any atom is 0.377 e. The quantitative estimate of drug-likeness (QED) is 0.543. The van der Waals surface area contributed by atoms with Crippen molar-refractivity contribution < 1.29 is 14.7 Å². The lowest BCUT2D eigenvalue weighted by atomic mass is 10.0. The molecule has 1 N–H and O–H groups in total. The standard InChI is InChI=1S/C19H12BrNO3/c20-14-8-5-12(6-9-14)11-15(18(22)19(23)24)17-10-7-13-3-1-2-4-16(13)21-17/h1-11H,(H,23,24). The second kappa shape index (κ2) is 6.76. The number of carboxylic acids is 1. The fourth-order valence-electron chi connectivity index (χ4n) is 2.31. The molecule has 24 heavy (non-hydrogen) atoms. The van der Waals surface area contributed by atoms with Gasteiger partial charge in [0.05, 0.1) is 16.8 Å². The van der Waals surface area contributed by atoms with Crippen molar-refractivity contribution in [3.8, 4) is 0 Å². The van der Waals surface area contributed by atoms with E-state index in [4.69, 9.17) is 5.11 Å². The Morgan fingerprint density at radius 1 is 0.958 bits per heavy atom. The number of pyridine rings is 1. The fourth-order valence-corrected chi connectivity index (χ4v) is 2.58. The Morgan fingerprint density at radius 3 is 2.38 bits per heavy atom. The zero-order valence-electron chi connectivity index (χ0n) is 12.4.